The maximum Gasteiger partial charge on any atom is 0.226 e. The lowest BCUT2D eigenvalue weighted by atomic mass is 9.95. The number of fused-ring (bicyclic) bond motifs is 1. The molecular formula is C26H39N5O2. The van der Waals surface area contributed by atoms with Crippen LogP contribution in [0.5, 0.6) is 5.75 Å². The molecule has 1 aromatic heterocycles. The van der Waals surface area contributed by atoms with Crippen molar-refractivity contribution in [3.8, 4) is 5.75 Å². The Kier molecular flexibility index (Phi) is 7.71. The van der Waals surface area contributed by atoms with Gasteiger partial charge >= 0.3 is 0 Å². The van der Waals surface area contributed by atoms with E-state index in [9.17, 15) is 4.79 Å². The fraction of sp³-hybridized carbons (Fsp3) is 0.615. The van der Waals surface area contributed by atoms with Crippen LogP contribution in [0, 0.1) is 12.8 Å². The molecule has 1 atom stereocenters. The van der Waals surface area contributed by atoms with E-state index in [2.05, 4.69) is 60.1 Å². The second kappa shape index (κ2) is 10.7. The Balaban J connectivity index is 1.41. The van der Waals surface area contributed by atoms with E-state index < -0.39 is 0 Å². The van der Waals surface area contributed by atoms with Crippen molar-refractivity contribution in [3.63, 3.8) is 0 Å². The summed E-state index contributed by atoms with van der Waals surface area (Å²) in [4.78, 5) is 19.7. The molecule has 1 amide bonds. The molecule has 1 fully saturated rings. The van der Waals surface area contributed by atoms with Gasteiger partial charge in [-0.3, -0.25) is 19.3 Å². The number of amides is 1. The third-order valence-electron chi connectivity index (χ3n) is 7.03. The summed E-state index contributed by atoms with van der Waals surface area (Å²) in [6.07, 6.45) is 4.21. The Morgan fingerprint density at radius 3 is 2.73 bits per heavy atom. The summed E-state index contributed by atoms with van der Waals surface area (Å²) in [6.45, 7) is 14.0. The zero-order valence-electron chi connectivity index (χ0n) is 20.7. The van der Waals surface area contributed by atoms with Crippen LogP contribution in [0.1, 0.15) is 49.1 Å². The van der Waals surface area contributed by atoms with Gasteiger partial charge in [-0.05, 0) is 57.9 Å². The van der Waals surface area contributed by atoms with E-state index in [0.29, 0.717) is 12.5 Å². The smallest absolute Gasteiger partial charge is 0.226 e. The maximum absolute atomic E-state index is 12.9. The summed E-state index contributed by atoms with van der Waals surface area (Å²) in [7, 11) is 1.98. The highest BCUT2D eigenvalue weighted by Gasteiger charge is 2.28. The molecule has 7 heteroatoms. The van der Waals surface area contributed by atoms with Crippen molar-refractivity contribution in [1.82, 2.24) is 24.5 Å². The third kappa shape index (κ3) is 5.76. The van der Waals surface area contributed by atoms with Gasteiger partial charge in [-0.25, -0.2) is 0 Å². The van der Waals surface area contributed by atoms with Gasteiger partial charge in [0.1, 0.15) is 12.4 Å². The number of carbonyl (C=O) groups is 1. The lowest BCUT2D eigenvalue weighted by Gasteiger charge is -2.34. The highest BCUT2D eigenvalue weighted by Crippen LogP contribution is 2.27. The molecule has 2 aromatic rings. The number of nitrogens with zero attached hydrogens (tertiary/aromatic N) is 5. The van der Waals surface area contributed by atoms with Crippen LogP contribution in [0.25, 0.3) is 0 Å². The fourth-order valence-corrected chi connectivity index (χ4v) is 5.23. The average Bonchev–Trinajstić information content (AvgIpc) is 2.99. The Morgan fingerprint density at radius 2 is 2.00 bits per heavy atom. The summed E-state index contributed by atoms with van der Waals surface area (Å²) in [5, 5.41) is 4.49. The van der Waals surface area contributed by atoms with Gasteiger partial charge in [0.25, 0.3) is 0 Å². The number of ether oxygens (including phenoxy) is 1. The minimum Gasteiger partial charge on any atom is -0.492 e. The molecule has 33 heavy (non-hydrogen) atoms. The quantitative estimate of drug-likeness (QED) is 0.644. The molecule has 4 rings (SSSR count). The van der Waals surface area contributed by atoms with Crippen LogP contribution >= 0.6 is 0 Å². The summed E-state index contributed by atoms with van der Waals surface area (Å²) >= 11 is 0. The number of aryl methyl sites for hydroxylation is 2. The highest BCUT2D eigenvalue weighted by atomic mass is 16.5. The van der Waals surface area contributed by atoms with E-state index in [1.54, 1.807) is 0 Å². The normalized spacial score (nSPS) is 19.6. The van der Waals surface area contributed by atoms with Gasteiger partial charge in [-0.1, -0.05) is 6.07 Å². The molecule has 180 valence electrons. The highest BCUT2D eigenvalue weighted by molar-refractivity contribution is 5.79. The minimum atomic E-state index is 0.126. The number of likely N-dealkylation sites (tertiary alicyclic amines) is 1. The Labute approximate surface area is 198 Å². The van der Waals surface area contributed by atoms with E-state index in [4.69, 9.17) is 4.74 Å². The van der Waals surface area contributed by atoms with Crippen molar-refractivity contribution in [2.45, 2.75) is 53.2 Å². The van der Waals surface area contributed by atoms with Gasteiger partial charge < -0.3 is 9.64 Å². The first-order chi connectivity index (χ1) is 16.0. The Bertz CT molecular complexity index is 952. The van der Waals surface area contributed by atoms with Crippen molar-refractivity contribution in [3.05, 3.63) is 46.8 Å². The van der Waals surface area contributed by atoms with Gasteiger partial charge in [0.2, 0.25) is 5.91 Å². The Hall–Kier alpha value is -2.38. The van der Waals surface area contributed by atoms with Gasteiger partial charge in [-0.15, -0.1) is 0 Å². The molecule has 0 N–H and O–H groups in total. The monoisotopic (exact) mass is 453 g/mol. The average molecular weight is 454 g/mol. The van der Waals surface area contributed by atoms with Crippen LogP contribution in [0.2, 0.25) is 0 Å². The van der Waals surface area contributed by atoms with E-state index in [1.165, 1.54) is 16.7 Å². The third-order valence-corrected chi connectivity index (χ3v) is 7.03. The molecule has 0 saturated carbocycles. The van der Waals surface area contributed by atoms with Gasteiger partial charge in [0.15, 0.2) is 0 Å². The Morgan fingerprint density at radius 1 is 1.18 bits per heavy atom. The van der Waals surface area contributed by atoms with Crippen molar-refractivity contribution < 1.29 is 9.53 Å². The second-order valence-corrected chi connectivity index (χ2v) is 9.50. The van der Waals surface area contributed by atoms with Gasteiger partial charge in [0.05, 0.1) is 11.6 Å². The first kappa shape index (κ1) is 23.8. The molecule has 3 heterocycles. The number of hydrogen-bond acceptors (Lipinski definition) is 5. The summed E-state index contributed by atoms with van der Waals surface area (Å²) in [6, 6.07) is 6.63. The minimum absolute atomic E-state index is 0.126. The van der Waals surface area contributed by atoms with Crippen molar-refractivity contribution in [2.75, 3.05) is 39.3 Å². The predicted octanol–water partition coefficient (Wildman–Crippen LogP) is 3.20. The molecule has 0 radical (unpaired) electrons. The van der Waals surface area contributed by atoms with E-state index in [-0.39, 0.29) is 5.92 Å². The standard InChI is InChI=1S/C26H39N5O2/c1-5-31(6-2)26(32)22-8-7-11-29(17-22)15-21-9-10-25-23(14-21)18-30(12-13-33-25)19-24-16-28(4)27-20(24)3/h9-10,14,16,22H,5-8,11-13,15,17-19H2,1-4H3/t22-/m1/s1. The van der Waals surface area contributed by atoms with Gasteiger partial charge in [0, 0.05) is 70.2 Å². The van der Waals surface area contributed by atoms with Crippen LogP contribution in [-0.2, 0) is 31.5 Å². The van der Waals surface area contributed by atoms with Crippen LogP contribution in [0.15, 0.2) is 24.4 Å². The van der Waals surface area contributed by atoms with Crippen LogP contribution in [-0.4, -0.2) is 69.7 Å². The second-order valence-electron chi connectivity index (χ2n) is 9.50. The van der Waals surface area contributed by atoms with Crippen molar-refractivity contribution in [2.24, 2.45) is 13.0 Å². The number of piperidine rings is 1. The molecule has 1 aromatic carbocycles. The zero-order chi connectivity index (χ0) is 23.4. The lowest BCUT2D eigenvalue weighted by molar-refractivity contribution is -0.137. The van der Waals surface area contributed by atoms with Crippen LogP contribution in [0.4, 0.5) is 0 Å². The largest absolute Gasteiger partial charge is 0.492 e. The fourth-order valence-electron chi connectivity index (χ4n) is 5.23. The van der Waals surface area contributed by atoms with Crippen LogP contribution in [0.3, 0.4) is 0 Å². The van der Waals surface area contributed by atoms with Gasteiger partial charge in [-0.2, -0.15) is 5.10 Å². The molecule has 0 aliphatic carbocycles. The molecule has 2 aliphatic heterocycles. The number of benzene rings is 1. The molecule has 0 bridgehead atoms. The van der Waals surface area contributed by atoms with E-state index in [1.807, 2.05) is 16.6 Å². The predicted molar refractivity (Wildman–Crippen MR) is 130 cm³/mol. The van der Waals surface area contributed by atoms with E-state index in [0.717, 1.165) is 76.6 Å². The molecule has 2 aliphatic rings. The van der Waals surface area contributed by atoms with E-state index >= 15 is 0 Å². The topological polar surface area (TPSA) is 53.8 Å². The maximum atomic E-state index is 12.9. The first-order valence-electron chi connectivity index (χ1n) is 12.4. The number of aromatic nitrogens is 2. The molecule has 0 spiro atoms. The number of hydrogen-bond donors (Lipinski definition) is 0. The SMILES string of the molecule is CCN(CC)C(=O)[C@@H]1CCCN(Cc2ccc3c(c2)CN(Cc2cn(C)nc2C)CCO3)C1. The van der Waals surface area contributed by atoms with Crippen molar-refractivity contribution >= 4 is 5.91 Å². The molecule has 1 saturated heterocycles. The number of carbonyl (C=O) groups excluding carboxylic acids is 1. The molecule has 7 nitrogen and oxygen atoms in total. The molecular weight excluding hydrogens is 414 g/mol. The summed E-state index contributed by atoms with van der Waals surface area (Å²) < 4.78 is 7.96. The zero-order valence-corrected chi connectivity index (χ0v) is 20.7. The number of rotatable bonds is 7. The van der Waals surface area contributed by atoms with Crippen molar-refractivity contribution in [1.29, 1.82) is 0 Å². The summed E-state index contributed by atoms with van der Waals surface area (Å²) in [5.74, 6) is 1.44. The molecule has 0 unspecified atom stereocenters. The van der Waals surface area contributed by atoms with Crippen LogP contribution < -0.4 is 4.74 Å². The summed E-state index contributed by atoms with van der Waals surface area (Å²) in [5.41, 5.74) is 4.91. The lowest BCUT2D eigenvalue weighted by Crippen LogP contribution is -2.44. The first-order valence-corrected chi connectivity index (χ1v) is 12.4.